The Hall–Kier alpha value is -3.85. The van der Waals surface area contributed by atoms with Crippen LogP contribution in [0.2, 0.25) is 0 Å². The summed E-state index contributed by atoms with van der Waals surface area (Å²) in [5.41, 5.74) is 20.7. The van der Waals surface area contributed by atoms with Gasteiger partial charge in [0.2, 0.25) is 5.91 Å². The molecule has 1 aromatic carbocycles. The minimum Gasteiger partial charge on any atom is -0.382 e. The van der Waals surface area contributed by atoms with E-state index in [1.807, 2.05) is 6.07 Å². The minimum absolute atomic E-state index is 0.0511. The highest BCUT2D eigenvalue weighted by Gasteiger charge is 2.22. The molecule has 32 heavy (non-hydrogen) atoms. The first-order valence-electron chi connectivity index (χ1n) is 10.4. The van der Waals surface area contributed by atoms with Gasteiger partial charge < -0.3 is 22.1 Å². The van der Waals surface area contributed by atoms with Gasteiger partial charge in [0.05, 0.1) is 11.9 Å². The summed E-state index contributed by atoms with van der Waals surface area (Å²) < 4.78 is 0. The van der Waals surface area contributed by atoms with Gasteiger partial charge in [-0.05, 0) is 31.0 Å². The molecule has 6 N–H and O–H groups in total. The Morgan fingerprint density at radius 3 is 2.81 bits per heavy atom. The molecule has 2 aromatic heterocycles. The first-order valence-corrected chi connectivity index (χ1v) is 10.4. The van der Waals surface area contributed by atoms with Crippen LogP contribution in [0.1, 0.15) is 39.3 Å². The van der Waals surface area contributed by atoms with Crippen LogP contribution < -0.4 is 22.1 Å². The molecule has 1 atom stereocenters. The topological polar surface area (TPSA) is 154 Å². The lowest BCUT2D eigenvalue weighted by molar-refractivity contribution is 0.0984. The molecule has 9 nitrogen and oxygen atoms in total. The SMILES string of the molecule is NC(=O)c1cccc(-c2cnc(N)c(C(=O)Cc3cnccc3N3CCCC(N)C3)n2)c1. The predicted octanol–water partition coefficient (Wildman–Crippen LogP) is 1.57. The molecule has 1 fully saturated rings. The second kappa shape index (κ2) is 9.11. The van der Waals surface area contributed by atoms with Crippen molar-refractivity contribution in [3.63, 3.8) is 0 Å². The van der Waals surface area contributed by atoms with Gasteiger partial charge in [0, 0.05) is 60.3 Å². The number of piperidine rings is 1. The van der Waals surface area contributed by atoms with E-state index in [4.69, 9.17) is 17.2 Å². The summed E-state index contributed by atoms with van der Waals surface area (Å²) in [6.07, 6.45) is 6.95. The number of carbonyl (C=O) groups excluding carboxylic acids is 2. The van der Waals surface area contributed by atoms with E-state index >= 15 is 0 Å². The van der Waals surface area contributed by atoms with Crippen LogP contribution in [0.3, 0.4) is 0 Å². The second-order valence-corrected chi connectivity index (χ2v) is 7.89. The molecule has 0 saturated carbocycles. The third kappa shape index (κ3) is 4.57. The van der Waals surface area contributed by atoms with E-state index in [-0.39, 0.29) is 29.8 Å². The van der Waals surface area contributed by atoms with Crippen LogP contribution in [0, 0.1) is 0 Å². The van der Waals surface area contributed by atoms with E-state index in [0.717, 1.165) is 37.2 Å². The fourth-order valence-electron chi connectivity index (χ4n) is 3.92. The van der Waals surface area contributed by atoms with Gasteiger partial charge >= 0.3 is 0 Å². The van der Waals surface area contributed by atoms with Crippen molar-refractivity contribution in [3.05, 3.63) is 65.7 Å². The molecule has 1 saturated heterocycles. The van der Waals surface area contributed by atoms with Crippen molar-refractivity contribution in [1.29, 1.82) is 0 Å². The number of hydrogen-bond acceptors (Lipinski definition) is 8. The summed E-state index contributed by atoms with van der Waals surface area (Å²) in [6, 6.07) is 8.69. The summed E-state index contributed by atoms with van der Waals surface area (Å²) in [5.74, 6) is -0.762. The van der Waals surface area contributed by atoms with Gasteiger partial charge in [0.25, 0.3) is 0 Å². The highest BCUT2D eigenvalue weighted by atomic mass is 16.1. The van der Waals surface area contributed by atoms with Crippen LogP contribution in [-0.2, 0) is 6.42 Å². The average molecular weight is 432 g/mol. The molecule has 1 aliphatic heterocycles. The number of carbonyl (C=O) groups is 2. The minimum atomic E-state index is -0.548. The van der Waals surface area contributed by atoms with Gasteiger partial charge in [0.15, 0.2) is 11.6 Å². The summed E-state index contributed by atoms with van der Waals surface area (Å²) >= 11 is 0. The molecule has 3 aromatic rings. The number of pyridine rings is 1. The number of nitrogen functional groups attached to an aromatic ring is 1. The van der Waals surface area contributed by atoms with Gasteiger partial charge in [0.1, 0.15) is 5.69 Å². The molecule has 1 aliphatic rings. The van der Waals surface area contributed by atoms with Crippen LogP contribution in [-0.4, -0.2) is 45.8 Å². The summed E-state index contributed by atoms with van der Waals surface area (Å²) in [7, 11) is 0. The van der Waals surface area contributed by atoms with Crippen molar-refractivity contribution in [3.8, 4) is 11.3 Å². The van der Waals surface area contributed by atoms with Gasteiger partial charge in [-0.15, -0.1) is 0 Å². The van der Waals surface area contributed by atoms with Crippen LogP contribution in [0.15, 0.2) is 48.9 Å². The number of primary amides is 1. The van der Waals surface area contributed by atoms with Crippen molar-refractivity contribution in [2.75, 3.05) is 23.7 Å². The summed E-state index contributed by atoms with van der Waals surface area (Å²) in [6.45, 7) is 1.62. The van der Waals surface area contributed by atoms with Crippen molar-refractivity contribution in [2.45, 2.75) is 25.3 Å². The Balaban J connectivity index is 1.62. The van der Waals surface area contributed by atoms with Gasteiger partial charge in [-0.3, -0.25) is 14.6 Å². The van der Waals surface area contributed by atoms with Crippen LogP contribution >= 0.6 is 0 Å². The molecule has 164 valence electrons. The van der Waals surface area contributed by atoms with Gasteiger partial charge in [-0.2, -0.15) is 0 Å². The first-order chi connectivity index (χ1) is 15.4. The van der Waals surface area contributed by atoms with Gasteiger partial charge in [-0.25, -0.2) is 9.97 Å². The Morgan fingerprint density at radius 2 is 2.03 bits per heavy atom. The molecule has 0 aliphatic carbocycles. The standard InChI is InChI=1S/C23H25N7O2/c24-17-5-2-8-30(13-17)19-6-7-27-11-16(19)10-20(31)21-22(25)28-12-18(29-21)14-3-1-4-15(9-14)23(26)32/h1,3-4,6-7,9,11-12,17H,2,5,8,10,13,24H2,(H2,25,28)(H2,26,32). The number of benzene rings is 1. The molecular formula is C23H25N7O2. The van der Waals surface area contributed by atoms with Crippen LogP contribution in [0.25, 0.3) is 11.3 Å². The lowest BCUT2D eigenvalue weighted by Gasteiger charge is -2.33. The normalized spacial score (nSPS) is 16.0. The maximum absolute atomic E-state index is 13.2. The highest BCUT2D eigenvalue weighted by Crippen LogP contribution is 2.26. The number of aromatic nitrogens is 3. The van der Waals surface area contributed by atoms with E-state index < -0.39 is 5.91 Å². The number of nitrogens with zero attached hydrogens (tertiary/aromatic N) is 4. The zero-order valence-electron chi connectivity index (χ0n) is 17.6. The third-order valence-electron chi connectivity index (χ3n) is 5.54. The number of Topliss-reactive ketones (excluding diaryl/α,β-unsaturated/α-hetero) is 1. The van der Waals surface area contributed by atoms with E-state index in [0.29, 0.717) is 16.8 Å². The lowest BCUT2D eigenvalue weighted by atomic mass is 10.0. The molecule has 4 rings (SSSR count). The number of rotatable bonds is 6. The predicted molar refractivity (Wildman–Crippen MR) is 122 cm³/mol. The van der Waals surface area contributed by atoms with E-state index in [1.54, 1.807) is 36.7 Å². The van der Waals surface area contributed by atoms with Crippen LogP contribution in [0.4, 0.5) is 11.5 Å². The molecule has 1 unspecified atom stereocenters. The molecule has 0 radical (unpaired) electrons. The summed E-state index contributed by atoms with van der Waals surface area (Å²) in [5, 5.41) is 0. The molecule has 0 spiro atoms. The van der Waals surface area contributed by atoms with Crippen LogP contribution in [0.5, 0.6) is 0 Å². The number of nitrogens with two attached hydrogens (primary N) is 3. The van der Waals surface area contributed by atoms with E-state index in [2.05, 4.69) is 19.9 Å². The highest BCUT2D eigenvalue weighted by molar-refractivity contribution is 6.00. The molecule has 0 bridgehead atoms. The van der Waals surface area contributed by atoms with Gasteiger partial charge in [-0.1, -0.05) is 12.1 Å². The number of anilines is 2. The average Bonchev–Trinajstić information content (AvgIpc) is 2.79. The van der Waals surface area contributed by atoms with E-state index in [9.17, 15) is 9.59 Å². The number of amides is 1. The zero-order chi connectivity index (χ0) is 22.7. The quantitative estimate of drug-likeness (QED) is 0.497. The Kier molecular flexibility index (Phi) is 6.09. The molecular weight excluding hydrogens is 406 g/mol. The lowest BCUT2D eigenvalue weighted by Crippen LogP contribution is -2.43. The van der Waals surface area contributed by atoms with E-state index in [1.165, 1.54) is 6.20 Å². The molecule has 3 heterocycles. The monoisotopic (exact) mass is 431 g/mol. The summed E-state index contributed by atoms with van der Waals surface area (Å²) in [4.78, 5) is 39.7. The van der Waals surface area contributed by atoms with Crippen molar-refractivity contribution in [1.82, 2.24) is 15.0 Å². The smallest absolute Gasteiger partial charge is 0.248 e. The Labute approximate surface area is 185 Å². The Bertz CT molecular complexity index is 1160. The second-order valence-electron chi connectivity index (χ2n) is 7.89. The van der Waals surface area contributed by atoms with Crippen molar-refractivity contribution < 1.29 is 9.59 Å². The number of ketones is 1. The van der Waals surface area contributed by atoms with Crippen molar-refractivity contribution >= 4 is 23.2 Å². The molecule has 1 amide bonds. The fourth-order valence-corrected chi connectivity index (χ4v) is 3.92. The number of hydrogen-bond donors (Lipinski definition) is 3. The maximum Gasteiger partial charge on any atom is 0.248 e. The maximum atomic E-state index is 13.2. The molecule has 9 heteroatoms. The Morgan fingerprint density at radius 1 is 1.19 bits per heavy atom. The fraction of sp³-hybridized carbons (Fsp3) is 0.261. The van der Waals surface area contributed by atoms with Crippen molar-refractivity contribution in [2.24, 2.45) is 11.5 Å². The first kappa shape index (κ1) is 21.4. The zero-order valence-corrected chi connectivity index (χ0v) is 17.6. The largest absolute Gasteiger partial charge is 0.382 e. The third-order valence-corrected chi connectivity index (χ3v) is 5.54.